The maximum Gasteiger partial charge on any atom is 0.305 e. The van der Waals surface area contributed by atoms with Gasteiger partial charge in [-0.3, -0.25) is 14.3 Å². The first-order valence-electron chi connectivity index (χ1n) is 18.0. The van der Waals surface area contributed by atoms with E-state index in [4.69, 9.17) is 13.9 Å². The van der Waals surface area contributed by atoms with Gasteiger partial charge in [-0.2, -0.15) is 0 Å². The Balaban J connectivity index is 1.29. The number of benzene rings is 4. The molecule has 9 heteroatoms. The maximum absolute atomic E-state index is 14.0. The summed E-state index contributed by atoms with van der Waals surface area (Å²) in [5.41, 5.74) is 6.18. The van der Waals surface area contributed by atoms with Crippen molar-refractivity contribution >= 4 is 32.7 Å². The molecule has 1 heterocycles. The molecule has 1 aliphatic carbocycles. The van der Waals surface area contributed by atoms with Crippen LogP contribution < -0.4 is 10.4 Å². The monoisotopic (exact) mass is 745 g/mol. The van der Waals surface area contributed by atoms with Crippen LogP contribution in [-0.2, 0) is 18.3 Å². The number of halogens is 1. The van der Waals surface area contributed by atoms with Crippen LogP contribution in [-0.4, -0.2) is 43.2 Å². The summed E-state index contributed by atoms with van der Waals surface area (Å²) in [4.78, 5) is 17.3. The van der Waals surface area contributed by atoms with Gasteiger partial charge in [0.05, 0.1) is 29.5 Å². The van der Waals surface area contributed by atoms with E-state index in [1.54, 1.807) is 12.1 Å². The summed E-state index contributed by atoms with van der Waals surface area (Å²) in [5.74, 6) is 5.30. The van der Waals surface area contributed by atoms with E-state index in [2.05, 4.69) is 32.6 Å². The lowest BCUT2D eigenvalue weighted by atomic mass is 9.90. The number of hydrogen-bond donors (Lipinski definition) is 1. The van der Waals surface area contributed by atoms with E-state index in [0.29, 0.717) is 0 Å². The molecule has 0 saturated heterocycles. The highest BCUT2D eigenvalue weighted by Crippen LogP contribution is 2.45. The molecule has 1 fully saturated rings. The number of nitrogens with zero attached hydrogens (tertiary/aromatic N) is 1. The van der Waals surface area contributed by atoms with Crippen molar-refractivity contribution in [1.82, 2.24) is 4.98 Å². The number of carboxylic acid groups (broad SMARTS) is 1. The van der Waals surface area contributed by atoms with Crippen molar-refractivity contribution in [3.8, 4) is 34.2 Å². The van der Waals surface area contributed by atoms with E-state index in [9.17, 15) is 18.9 Å². The van der Waals surface area contributed by atoms with Gasteiger partial charge in [0.2, 0.25) is 0 Å². The molecule has 0 radical (unpaired) electrons. The quantitative estimate of drug-likeness (QED) is 0.0736. The van der Waals surface area contributed by atoms with E-state index in [1.807, 2.05) is 97.9 Å². The van der Waals surface area contributed by atoms with E-state index in [1.165, 1.54) is 12.1 Å². The van der Waals surface area contributed by atoms with Crippen molar-refractivity contribution in [1.29, 1.82) is 0 Å². The molecule has 0 amide bonds. The predicted octanol–water partition coefficient (Wildman–Crippen LogP) is 9.00. The van der Waals surface area contributed by atoms with Gasteiger partial charge < -0.3 is 14.1 Å². The smallest absolute Gasteiger partial charge is 0.305 e. The molecule has 5 aromatic rings. The van der Waals surface area contributed by atoms with Crippen molar-refractivity contribution in [3.63, 3.8) is 0 Å². The molecule has 1 aliphatic rings. The Morgan fingerprint density at radius 1 is 0.906 bits per heavy atom. The lowest BCUT2D eigenvalue weighted by Gasteiger charge is -2.45. The summed E-state index contributed by atoms with van der Waals surface area (Å²) in [5, 5.41) is 11.6. The number of carbonyl (C=O) groups is 1. The molecule has 6 nitrogen and oxygen atoms in total. The van der Waals surface area contributed by atoms with Gasteiger partial charge in [0.25, 0.3) is 8.32 Å². The second-order valence-corrected chi connectivity index (χ2v) is 20.2. The van der Waals surface area contributed by atoms with Gasteiger partial charge >= 0.3 is 5.97 Å². The Bertz CT molecular complexity index is 2090. The zero-order valence-corrected chi connectivity index (χ0v) is 32.6. The zero-order valence-electron chi connectivity index (χ0n) is 30.6. The van der Waals surface area contributed by atoms with Crippen molar-refractivity contribution in [2.45, 2.75) is 64.0 Å². The van der Waals surface area contributed by atoms with Crippen molar-refractivity contribution < 1.29 is 27.8 Å². The number of carboxylic acids is 1. The summed E-state index contributed by atoms with van der Waals surface area (Å²) < 4.78 is 40.5. The maximum atomic E-state index is 14.0. The summed E-state index contributed by atoms with van der Waals surface area (Å²) in [6, 6.07) is 36.3. The number of rotatable bonds is 13. The van der Waals surface area contributed by atoms with Crippen LogP contribution in [0, 0.1) is 24.6 Å². The van der Waals surface area contributed by atoms with Crippen LogP contribution >= 0.6 is 8.03 Å². The Morgan fingerprint density at radius 3 is 2.00 bits per heavy atom. The Morgan fingerprint density at radius 2 is 1.47 bits per heavy atom. The highest BCUT2D eigenvalue weighted by molar-refractivity contribution is 7.39. The van der Waals surface area contributed by atoms with E-state index in [0.717, 1.165) is 62.4 Å². The third kappa shape index (κ3) is 8.78. The molecule has 4 aromatic carbocycles. The fourth-order valence-corrected chi connectivity index (χ4v) is 12.9. The molecule has 0 spiro atoms. The van der Waals surface area contributed by atoms with E-state index in [-0.39, 0.29) is 30.9 Å². The number of hydrogen-bond acceptors (Lipinski definition) is 5. The fraction of sp³-hybridized carbons (Fsp3) is 0.273. The highest BCUT2D eigenvalue weighted by Gasteiger charge is 2.51. The molecule has 1 saturated carbocycles. The van der Waals surface area contributed by atoms with Crippen LogP contribution in [0.1, 0.15) is 62.8 Å². The minimum absolute atomic E-state index is 0.0657. The molecular weight excluding hydrogens is 701 g/mol. The average Bonchev–Trinajstić information content (AvgIpc) is 3.99. The van der Waals surface area contributed by atoms with Crippen molar-refractivity contribution in [2.24, 2.45) is 0 Å². The van der Waals surface area contributed by atoms with Gasteiger partial charge in [-0.05, 0) is 58.4 Å². The molecule has 53 heavy (non-hydrogen) atoms. The standard InChI is InChI=1S/C44H45FNO5PSi/c1-31-41(32-24-26-35(45)27-25-32)39(43(34-22-23-34)46-42(31)33-15-8-5-9-16-33)21-14-28-50-52(49)30-36(29-40(47)48)51-53(44(2,3)4,37-17-10-6-11-18-37)38-19-12-7-13-20-38/h5-13,15-20,24-27,34,36,52H,22-23,28-30H2,1-4H3,(H,47,48). The van der Waals surface area contributed by atoms with Gasteiger partial charge in [0.1, 0.15) is 12.4 Å². The Kier molecular flexibility index (Phi) is 11.9. The first-order valence-corrected chi connectivity index (χ1v) is 21.4. The summed E-state index contributed by atoms with van der Waals surface area (Å²) in [6.07, 6.45) is 0.761. The van der Waals surface area contributed by atoms with Gasteiger partial charge in [-0.1, -0.05) is 136 Å². The van der Waals surface area contributed by atoms with Crippen LogP contribution in [0.15, 0.2) is 115 Å². The van der Waals surface area contributed by atoms with E-state index < -0.39 is 33.5 Å². The number of aromatic nitrogens is 1. The highest BCUT2D eigenvalue weighted by atomic mass is 31.1. The van der Waals surface area contributed by atoms with Crippen molar-refractivity contribution in [3.05, 3.63) is 138 Å². The molecular formula is C44H45FNO5PSi. The molecule has 2 atom stereocenters. The molecule has 0 aliphatic heterocycles. The Labute approximate surface area is 313 Å². The third-order valence-electron chi connectivity index (χ3n) is 9.69. The summed E-state index contributed by atoms with van der Waals surface area (Å²) in [7, 11) is -5.89. The van der Waals surface area contributed by atoms with Crippen LogP contribution in [0.4, 0.5) is 4.39 Å². The van der Waals surface area contributed by atoms with Crippen molar-refractivity contribution in [2.75, 3.05) is 12.8 Å². The SMILES string of the molecule is Cc1c(-c2ccccc2)nc(C2CC2)c(C#CCO[PH](=O)CC(CC(=O)O)O[Si](c2ccccc2)(c2ccccc2)C(C)(C)C)c1-c1ccc(F)cc1. The minimum atomic E-state index is -3.12. The molecule has 0 bridgehead atoms. The molecule has 1 N–H and O–H groups in total. The number of pyridine rings is 1. The average molecular weight is 746 g/mol. The van der Waals surface area contributed by atoms with Gasteiger partial charge in [0.15, 0.2) is 8.03 Å². The van der Waals surface area contributed by atoms with Gasteiger partial charge in [0, 0.05) is 23.2 Å². The fourth-order valence-electron chi connectivity index (χ4n) is 7.10. The van der Waals surface area contributed by atoms with Gasteiger partial charge in [-0.15, -0.1) is 0 Å². The summed E-state index contributed by atoms with van der Waals surface area (Å²) in [6.45, 7) is 8.24. The van der Waals surface area contributed by atoms with Gasteiger partial charge in [-0.25, -0.2) is 4.39 Å². The predicted molar refractivity (Wildman–Crippen MR) is 213 cm³/mol. The lowest BCUT2D eigenvalue weighted by molar-refractivity contribution is -0.138. The van der Waals surface area contributed by atoms with Crippen LogP contribution in [0.25, 0.3) is 22.4 Å². The lowest BCUT2D eigenvalue weighted by Crippen LogP contribution is -2.68. The molecule has 2 unspecified atom stereocenters. The molecule has 272 valence electrons. The van der Waals surface area contributed by atoms with Crippen LogP contribution in [0.2, 0.25) is 5.04 Å². The Hall–Kier alpha value is -4.64. The first kappa shape index (κ1) is 38.1. The molecule has 1 aromatic heterocycles. The second kappa shape index (κ2) is 16.6. The van der Waals surface area contributed by atoms with E-state index >= 15 is 0 Å². The molecule has 6 rings (SSSR count). The minimum Gasteiger partial charge on any atom is -0.481 e. The zero-order chi connectivity index (χ0) is 37.6. The second-order valence-electron chi connectivity index (χ2n) is 14.5. The normalized spacial score (nSPS) is 14.2. The van der Waals surface area contributed by atoms with Crippen LogP contribution in [0.5, 0.6) is 0 Å². The first-order chi connectivity index (χ1) is 25.5. The van der Waals surface area contributed by atoms with Crippen LogP contribution in [0.3, 0.4) is 0 Å². The summed E-state index contributed by atoms with van der Waals surface area (Å²) >= 11 is 0. The number of aliphatic carboxylic acids is 1. The largest absolute Gasteiger partial charge is 0.481 e. The third-order valence-corrected chi connectivity index (χ3v) is 16.0. The topological polar surface area (TPSA) is 85.7 Å².